The van der Waals surface area contributed by atoms with E-state index in [4.69, 9.17) is 26.3 Å². The highest BCUT2D eigenvalue weighted by Crippen LogP contribution is 2.25. The van der Waals surface area contributed by atoms with Crippen LogP contribution in [-0.4, -0.2) is 28.0 Å². The summed E-state index contributed by atoms with van der Waals surface area (Å²) in [4.78, 5) is 4.33. The molecule has 1 aromatic carbocycles. The molecule has 25 heavy (non-hydrogen) atoms. The molecule has 0 unspecified atom stereocenters. The van der Waals surface area contributed by atoms with E-state index >= 15 is 0 Å². The molecule has 3 aromatic rings. The van der Waals surface area contributed by atoms with Crippen molar-refractivity contribution in [1.29, 1.82) is 5.26 Å². The van der Waals surface area contributed by atoms with Crippen LogP contribution in [-0.2, 0) is 7.05 Å². The van der Waals surface area contributed by atoms with Crippen LogP contribution in [0.3, 0.4) is 0 Å². The van der Waals surface area contributed by atoms with Crippen molar-refractivity contribution in [3.63, 3.8) is 0 Å². The van der Waals surface area contributed by atoms with Gasteiger partial charge in [0, 0.05) is 25.5 Å². The normalized spacial score (nSPS) is 10.3. The van der Waals surface area contributed by atoms with E-state index < -0.39 is 0 Å². The van der Waals surface area contributed by atoms with E-state index in [2.05, 4.69) is 10.1 Å². The molecule has 0 N–H and O–H groups in total. The van der Waals surface area contributed by atoms with Gasteiger partial charge in [-0.25, -0.2) is 0 Å². The Labute approximate surface area is 150 Å². The summed E-state index contributed by atoms with van der Waals surface area (Å²) in [5.74, 6) is 1.22. The van der Waals surface area contributed by atoms with Gasteiger partial charge in [-0.05, 0) is 30.3 Å². The summed E-state index contributed by atoms with van der Waals surface area (Å²) >= 11 is 6.06. The van der Waals surface area contributed by atoms with Gasteiger partial charge in [0.05, 0.1) is 28.0 Å². The average Bonchev–Trinajstić information content (AvgIpc) is 3.06. The van der Waals surface area contributed by atoms with Crippen molar-refractivity contribution in [2.45, 2.75) is 0 Å². The van der Waals surface area contributed by atoms with E-state index in [-0.39, 0.29) is 0 Å². The topological polar surface area (TPSA) is 73.0 Å². The molecule has 7 heteroatoms. The third-order valence-corrected chi connectivity index (χ3v) is 3.78. The predicted molar refractivity (Wildman–Crippen MR) is 93.6 cm³/mol. The number of hydrogen-bond acceptors (Lipinski definition) is 5. The molecule has 2 aromatic heterocycles. The molecule has 0 saturated heterocycles. The Kier molecular flexibility index (Phi) is 5.17. The lowest BCUT2D eigenvalue weighted by Gasteiger charge is -2.10. The molecule has 0 atom stereocenters. The van der Waals surface area contributed by atoms with Crippen molar-refractivity contribution in [3.8, 4) is 29.0 Å². The zero-order valence-corrected chi connectivity index (χ0v) is 14.3. The van der Waals surface area contributed by atoms with Crippen LogP contribution in [0.4, 0.5) is 0 Å². The van der Waals surface area contributed by atoms with Crippen molar-refractivity contribution in [2.24, 2.45) is 7.05 Å². The quantitative estimate of drug-likeness (QED) is 0.634. The van der Waals surface area contributed by atoms with Gasteiger partial charge in [0.25, 0.3) is 0 Å². The molecule has 0 spiro atoms. The summed E-state index contributed by atoms with van der Waals surface area (Å²) in [6.07, 6.45) is 3.41. The summed E-state index contributed by atoms with van der Waals surface area (Å²) in [5, 5.41) is 13.4. The van der Waals surface area contributed by atoms with Crippen LogP contribution in [0.1, 0.15) is 5.56 Å². The number of aromatic nitrogens is 3. The molecule has 0 radical (unpaired) electrons. The maximum absolute atomic E-state index is 8.82. The lowest BCUT2D eigenvalue weighted by atomic mass is 10.2. The van der Waals surface area contributed by atoms with Gasteiger partial charge in [-0.3, -0.25) is 9.67 Å². The Hall–Kier alpha value is -3.04. The fraction of sp³-hybridized carbons (Fsp3) is 0.167. The van der Waals surface area contributed by atoms with Gasteiger partial charge in [-0.1, -0.05) is 11.6 Å². The minimum atomic E-state index is 0.328. The SMILES string of the molecule is Cn1nccc1-c1cc(OCCOc2ccc(C#N)cc2Cl)ccn1. The third kappa shape index (κ3) is 4.08. The van der Waals surface area contributed by atoms with Crippen LogP contribution in [0.15, 0.2) is 48.8 Å². The van der Waals surface area contributed by atoms with Crippen LogP contribution in [0.25, 0.3) is 11.4 Å². The van der Waals surface area contributed by atoms with E-state index in [1.54, 1.807) is 41.3 Å². The average molecular weight is 355 g/mol. The molecule has 0 amide bonds. The zero-order valence-electron chi connectivity index (χ0n) is 13.5. The number of ether oxygens (including phenoxy) is 2. The van der Waals surface area contributed by atoms with Crippen LogP contribution < -0.4 is 9.47 Å². The highest BCUT2D eigenvalue weighted by molar-refractivity contribution is 6.32. The van der Waals surface area contributed by atoms with Gasteiger partial charge in [-0.15, -0.1) is 0 Å². The number of halogens is 1. The molecular weight excluding hydrogens is 340 g/mol. The third-order valence-electron chi connectivity index (χ3n) is 3.49. The minimum absolute atomic E-state index is 0.328. The second kappa shape index (κ2) is 7.69. The molecule has 6 nitrogen and oxygen atoms in total. The molecule has 126 valence electrons. The maximum atomic E-state index is 8.82. The van der Waals surface area contributed by atoms with Crippen LogP contribution in [0.2, 0.25) is 5.02 Å². The number of pyridine rings is 1. The number of rotatable bonds is 6. The molecule has 3 rings (SSSR count). The predicted octanol–water partition coefficient (Wildman–Crippen LogP) is 3.46. The summed E-state index contributed by atoms with van der Waals surface area (Å²) < 4.78 is 13.0. The lowest BCUT2D eigenvalue weighted by molar-refractivity contribution is 0.217. The Morgan fingerprint density at radius 1 is 1.12 bits per heavy atom. The van der Waals surface area contributed by atoms with E-state index in [0.29, 0.717) is 35.3 Å². The fourth-order valence-electron chi connectivity index (χ4n) is 2.26. The van der Waals surface area contributed by atoms with E-state index in [1.807, 2.05) is 25.2 Å². The summed E-state index contributed by atoms with van der Waals surface area (Å²) in [6, 6.07) is 12.5. The Bertz CT molecular complexity index is 917. The van der Waals surface area contributed by atoms with Crippen molar-refractivity contribution < 1.29 is 9.47 Å². The highest BCUT2D eigenvalue weighted by Gasteiger charge is 2.06. The second-order valence-electron chi connectivity index (χ2n) is 5.17. The van der Waals surface area contributed by atoms with Gasteiger partial charge in [-0.2, -0.15) is 10.4 Å². The molecule has 0 aliphatic rings. The minimum Gasteiger partial charge on any atom is -0.490 e. The number of hydrogen-bond donors (Lipinski definition) is 0. The maximum Gasteiger partial charge on any atom is 0.138 e. The van der Waals surface area contributed by atoms with Crippen LogP contribution in [0, 0.1) is 11.3 Å². The molecule has 0 saturated carbocycles. The molecule has 0 fully saturated rings. The van der Waals surface area contributed by atoms with Crippen LogP contribution >= 0.6 is 11.6 Å². The van der Waals surface area contributed by atoms with Crippen molar-refractivity contribution in [1.82, 2.24) is 14.8 Å². The fourth-order valence-corrected chi connectivity index (χ4v) is 2.50. The van der Waals surface area contributed by atoms with Crippen molar-refractivity contribution >= 4 is 11.6 Å². The van der Waals surface area contributed by atoms with Gasteiger partial charge in [0.2, 0.25) is 0 Å². The number of aryl methyl sites for hydroxylation is 1. The molecule has 2 heterocycles. The number of nitriles is 1. The molecular formula is C18H15ClN4O2. The first-order valence-electron chi connectivity index (χ1n) is 7.57. The van der Waals surface area contributed by atoms with Gasteiger partial charge < -0.3 is 9.47 Å². The molecule has 0 aliphatic carbocycles. The Morgan fingerprint density at radius 3 is 2.68 bits per heavy atom. The standard InChI is InChI=1S/C18H15ClN4O2/c1-23-17(5-7-22-23)16-11-14(4-6-21-16)24-8-9-25-18-3-2-13(12-20)10-15(18)19/h2-7,10-11H,8-9H2,1H3. The highest BCUT2D eigenvalue weighted by atomic mass is 35.5. The first-order chi connectivity index (χ1) is 12.2. The van der Waals surface area contributed by atoms with Crippen molar-refractivity contribution in [2.75, 3.05) is 13.2 Å². The van der Waals surface area contributed by atoms with E-state index in [1.165, 1.54) is 0 Å². The van der Waals surface area contributed by atoms with E-state index in [0.717, 1.165) is 11.4 Å². The van der Waals surface area contributed by atoms with E-state index in [9.17, 15) is 0 Å². The first-order valence-corrected chi connectivity index (χ1v) is 7.95. The largest absolute Gasteiger partial charge is 0.490 e. The monoisotopic (exact) mass is 354 g/mol. The number of nitrogens with zero attached hydrogens (tertiary/aromatic N) is 4. The summed E-state index contributed by atoms with van der Waals surface area (Å²) in [7, 11) is 1.86. The van der Waals surface area contributed by atoms with Gasteiger partial charge in [0.15, 0.2) is 0 Å². The van der Waals surface area contributed by atoms with Crippen LogP contribution in [0.5, 0.6) is 11.5 Å². The Balaban J connectivity index is 1.56. The number of benzene rings is 1. The zero-order chi connectivity index (χ0) is 17.6. The smallest absolute Gasteiger partial charge is 0.138 e. The lowest BCUT2D eigenvalue weighted by Crippen LogP contribution is -2.09. The Morgan fingerprint density at radius 2 is 1.96 bits per heavy atom. The summed E-state index contributed by atoms with van der Waals surface area (Å²) in [6.45, 7) is 0.681. The first kappa shape index (κ1) is 16.8. The van der Waals surface area contributed by atoms with Gasteiger partial charge >= 0.3 is 0 Å². The van der Waals surface area contributed by atoms with Gasteiger partial charge in [0.1, 0.15) is 24.7 Å². The molecule has 0 aliphatic heterocycles. The summed E-state index contributed by atoms with van der Waals surface area (Å²) in [5.41, 5.74) is 2.19. The van der Waals surface area contributed by atoms with Crippen molar-refractivity contribution in [3.05, 3.63) is 59.4 Å². The second-order valence-corrected chi connectivity index (χ2v) is 5.58. The molecule has 0 bridgehead atoms.